The summed E-state index contributed by atoms with van der Waals surface area (Å²) in [5.74, 6) is 0.0537. The van der Waals surface area contributed by atoms with E-state index in [-0.39, 0.29) is 24.1 Å². The number of ether oxygens (including phenoxy) is 1. The van der Waals surface area contributed by atoms with Gasteiger partial charge in [-0.2, -0.15) is 0 Å². The highest BCUT2D eigenvalue weighted by molar-refractivity contribution is 5.81. The van der Waals surface area contributed by atoms with Gasteiger partial charge in [-0.05, 0) is 34.1 Å². The summed E-state index contributed by atoms with van der Waals surface area (Å²) in [7, 11) is 0. The van der Waals surface area contributed by atoms with E-state index < -0.39 is 0 Å². The molecule has 0 radical (unpaired) electrons. The molecule has 4 heteroatoms. The lowest BCUT2D eigenvalue weighted by atomic mass is 10.2. The lowest BCUT2D eigenvalue weighted by Gasteiger charge is -2.19. The van der Waals surface area contributed by atoms with Crippen LogP contribution in [0.5, 0.6) is 0 Å². The van der Waals surface area contributed by atoms with Crippen LogP contribution < -0.4 is 10.6 Å². The Morgan fingerprint density at radius 1 is 1.25 bits per heavy atom. The Kier molecular flexibility index (Phi) is 8.21. The molecule has 3 unspecified atom stereocenters. The molecule has 0 bridgehead atoms. The zero-order valence-corrected chi connectivity index (χ0v) is 11.2. The van der Waals surface area contributed by atoms with Crippen LogP contribution in [-0.2, 0) is 9.53 Å². The third-order valence-corrected chi connectivity index (χ3v) is 2.56. The molecule has 0 aromatic rings. The van der Waals surface area contributed by atoms with Crippen molar-refractivity contribution in [3.8, 4) is 0 Å². The smallest absolute Gasteiger partial charge is 0.237 e. The Morgan fingerprint density at radius 2 is 1.88 bits per heavy atom. The molecule has 0 spiro atoms. The van der Waals surface area contributed by atoms with Crippen LogP contribution in [0.3, 0.4) is 0 Å². The average molecular weight is 230 g/mol. The van der Waals surface area contributed by atoms with Crippen LogP contribution >= 0.6 is 0 Å². The number of nitrogens with one attached hydrogen (secondary N) is 2. The van der Waals surface area contributed by atoms with Gasteiger partial charge in [0.2, 0.25) is 5.91 Å². The Hall–Kier alpha value is -0.610. The molecule has 0 saturated carbocycles. The van der Waals surface area contributed by atoms with Crippen LogP contribution in [0.25, 0.3) is 0 Å². The molecule has 0 aromatic carbocycles. The molecule has 4 nitrogen and oxygen atoms in total. The Balaban J connectivity index is 3.78. The van der Waals surface area contributed by atoms with E-state index >= 15 is 0 Å². The number of carbonyl (C=O) groups excluding carboxylic acids is 1. The standard InChI is InChI=1S/C12H26N2O2/c1-6-9(3)14-12(15)11(5)13-8-10(4)16-7-2/h9-11,13H,6-8H2,1-5H3,(H,14,15). The predicted molar refractivity (Wildman–Crippen MR) is 66.4 cm³/mol. The van der Waals surface area contributed by atoms with Crippen molar-refractivity contribution < 1.29 is 9.53 Å². The maximum Gasteiger partial charge on any atom is 0.237 e. The van der Waals surface area contributed by atoms with Crippen LogP contribution in [0.1, 0.15) is 41.0 Å². The highest BCUT2D eigenvalue weighted by atomic mass is 16.5. The van der Waals surface area contributed by atoms with Gasteiger partial charge in [0.05, 0.1) is 12.1 Å². The summed E-state index contributed by atoms with van der Waals surface area (Å²) in [6, 6.07) is 0.0676. The summed E-state index contributed by atoms with van der Waals surface area (Å²) in [4.78, 5) is 11.7. The normalized spacial score (nSPS) is 16.6. The van der Waals surface area contributed by atoms with E-state index in [1.165, 1.54) is 0 Å². The van der Waals surface area contributed by atoms with Gasteiger partial charge >= 0.3 is 0 Å². The van der Waals surface area contributed by atoms with Gasteiger partial charge in [-0.15, -0.1) is 0 Å². The predicted octanol–water partition coefficient (Wildman–Crippen LogP) is 1.30. The summed E-state index contributed by atoms with van der Waals surface area (Å²) >= 11 is 0. The molecule has 96 valence electrons. The maximum atomic E-state index is 11.7. The largest absolute Gasteiger partial charge is 0.377 e. The first-order valence-electron chi connectivity index (χ1n) is 6.16. The second-order valence-corrected chi connectivity index (χ2v) is 4.21. The molecular formula is C12H26N2O2. The van der Waals surface area contributed by atoms with Crippen LogP contribution in [-0.4, -0.2) is 37.2 Å². The SMILES string of the molecule is CCOC(C)CNC(C)C(=O)NC(C)CC. The summed E-state index contributed by atoms with van der Waals surface area (Å²) in [5, 5.41) is 6.10. The van der Waals surface area contributed by atoms with Crippen molar-refractivity contribution >= 4 is 5.91 Å². The first-order chi connectivity index (χ1) is 7.51. The lowest BCUT2D eigenvalue weighted by molar-refractivity contribution is -0.123. The second kappa shape index (κ2) is 8.53. The third kappa shape index (κ3) is 6.80. The van der Waals surface area contributed by atoms with Crippen LogP contribution in [0.2, 0.25) is 0 Å². The highest BCUT2D eigenvalue weighted by Gasteiger charge is 2.14. The van der Waals surface area contributed by atoms with Gasteiger partial charge in [0, 0.05) is 19.2 Å². The zero-order chi connectivity index (χ0) is 12.6. The minimum atomic E-state index is -0.170. The molecule has 1 amide bonds. The van der Waals surface area contributed by atoms with Crippen molar-refractivity contribution in [3.05, 3.63) is 0 Å². The van der Waals surface area contributed by atoms with Crippen LogP contribution in [0.4, 0.5) is 0 Å². The van der Waals surface area contributed by atoms with Crippen LogP contribution in [0, 0.1) is 0 Å². The summed E-state index contributed by atoms with van der Waals surface area (Å²) in [6.45, 7) is 11.3. The van der Waals surface area contributed by atoms with E-state index in [1.54, 1.807) is 0 Å². The van der Waals surface area contributed by atoms with Crippen molar-refractivity contribution in [3.63, 3.8) is 0 Å². The van der Waals surface area contributed by atoms with E-state index in [0.717, 1.165) is 6.42 Å². The summed E-state index contributed by atoms with van der Waals surface area (Å²) < 4.78 is 5.38. The fourth-order valence-corrected chi connectivity index (χ4v) is 1.25. The maximum absolute atomic E-state index is 11.7. The van der Waals surface area contributed by atoms with Crippen molar-refractivity contribution in [2.45, 2.75) is 59.2 Å². The van der Waals surface area contributed by atoms with Crippen molar-refractivity contribution in [1.29, 1.82) is 0 Å². The van der Waals surface area contributed by atoms with E-state index in [9.17, 15) is 4.79 Å². The van der Waals surface area contributed by atoms with Crippen molar-refractivity contribution in [1.82, 2.24) is 10.6 Å². The van der Waals surface area contributed by atoms with Crippen molar-refractivity contribution in [2.75, 3.05) is 13.2 Å². The number of carbonyl (C=O) groups is 1. The third-order valence-electron chi connectivity index (χ3n) is 2.56. The molecule has 0 aliphatic heterocycles. The lowest BCUT2D eigenvalue weighted by Crippen LogP contribution is -2.47. The number of amides is 1. The molecule has 0 heterocycles. The Labute approximate surface area is 99.1 Å². The van der Waals surface area contributed by atoms with E-state index in [0.29, 0.717) is 13.2 Å². The number of rotatable bonds is 8. The van der Waals surface area contributed by atoms with Gasteiger partial charge < -0.3 is 15.4 Å². The quantitative estimate of drug-likeness (QED) is 0.661. The zero-order valence-electron chi connectivity index (χ0n) is 11.2. The number of hydrogen-bond acceptors (Lipinski definition) is 3. The van der Waals surface area contributed by atoms with E-state index in [1.807, 2.05) is 27.7 Å². The first-order valence-corrected chi connectivity index (χ1v) is 6.16. The summed E-state index contributed by atoms with van der Waals surface area (Å²) in [5.41, 5.74) is 0. The Bertz CT molecular complexity index is 197. The van der Waals surface area contributed by atoms with Gasteiger partial charge in [0.1, 0.15) is 0 Å². The molecule has 0 aliphatic carbocycles. The molecule has 0 rings (SSSR count). The summed E-state index contributed by atoms with van der Waals surface area (Å²) in [6.07, 6.45) is 1.09. The molecule has 3 atom stereocenters. The monoisotopic (exact) mass is 230 g/mol. The van der Waals surface area contributed by atoms with Gasteiger partial charge in [-0.1, -0.05) is 6.92 Å². The molecule has 0 saturated heterocycles. The molecular weight excluding hydrogens is 204 g/mol. The highest BCUT2D eigenvalue weighted by Crippen LogP contribution is 1.92. The van der Waals surface area contributed by atoms with Crippen molar-refractivity contribution in [2.24, 2.45) is 0 Å². The Morgan fingerprint density at radius 3 is 2.38 bits per heavy atom. The van der Waals surface area contributed by atoms with E-state index in [4.69, 9.17) is 4.74 Å². The number of hydrogen-bond donors (Lipinski definition) is 2. The average Bonchev–Trinajstić information content (AvgIpc) is 2.25. The molecule has 0 aromatic heterocycles. The van der Waals surface area contributed by atoms with Gasteiger partial charge in [-0.25, -0.2) is 0 Å². The molecule has 16 heavy (non-hydrogen) atoms. The first kappa shape index (κ1) is 15.4. The minimum Gasteiger partial charge on any atom is -0.377 e. The van der Waals surface area contributed by atoms with Crippen LogP contribution in [0.15, 0.2) is 0 Å². The minimum absolute atomic E-state index is 0.0537. The van der Waals surface area contributed by atoms with E-state index in [2.05, 4.69) is 17.6 Å². The fourth-order valence-electron chi connectivity index (χ4n) is 1.25. The fraction of sp³-hybridized carbons (Fsp3) is 0.917. The second-order valence-electron chi connectivity index (χ2n) is 4.21. The molecule has 0 aliphatic rings. The molecule has 0 fully saturated rings. The van der Waals surface area contributed by atoms with Gasteiger partial charge in [-0.3, -0.25) is 4.79 Å². The topological polar surface area (TPSA) is 50.4 Å². The van der Waals surface area contributed by atoms with Gasteiger partial charge in [0.15, 0.2) is 0 Å². The van der Waals surface area contributed by atoms with Gasteiger partial charge in [0.25, 0.3) is 0 Å². The molecule has 2 N–H and O–H groups in total.